The molecule has 0 heterocycles. The fraction of sp³-hybridized carbons (Fsp3) is 0.294. The Morgan fingerprint density at radius 1 is 1.10 bits per heavy atom. The summed E-state index contributed by atoms with van der Waals surface area (Å²) in [4.78, 5) is 0. The Morgan fingerprint density at radius 3 is 2.35 bits per heavy atom. The van der Waals surface area contributed by atoms with Crippen LogP contribution in [0.15, 0.2) is 40.9 Å². The molecule has 0 aromatic heterocycles. The third kappa shape index (κ3) is 3.85. The molecule has 106 valence electrons. The number of aryl methyl sites for hydroxylation is 2. The summed E-state index contributed by atoms with van der Waals surface area (Å²) in [6.45, 7) is 4.27. The van der Waals surface area contributed by atoms with Gasteiger partial charge in [-0.1, -0.05) is 56.9 Å². The molecule has 3 heteroatoms. The number of benzene rings is 2. The van der Waals surface area contributed by atoms with E-state index in [1.807, 2.05) is 19.2 Å². The number of hydrogen-bond acceptors (Lipinski definition) is 1. The quantitative estimate of drug-likeness (QED) is 0.795. The molecule has 1 N–H and O–H groups in total. The molecule has 0 saturated carbocycles. The summed E-state index contributed by atoms with van der Waals surface area (Å²) in [7, 11) is 1.98. The van der Waals surface area contributed by atoms with Crippen molar-refractivity contribution in [2.75, 3.05) is 7.05 Å². The van der Waals surface area contributed by atoms with Crippen molar-refractivity contribution in [3.8, 4) is 0 Å². The minimum absolute atomic E-state index is 0.209. The van der Waals surface area contributed by atoms with Gasteiger partial charge in [-0.15, -0.1) is 0 Å². The van der Waals surface area contributed by atoms with Gasteiger partial charge >= 0.3 is 0 Å². The lowest BCUT2D eigenvalue weighted by Crippen LogP contribution is -2.19. The second-order valence-electron chi connectivity index (χ2n) is 5.21. The van der Waals surface area contributed by atoms with Gasteiger partial charge in [-0.3, -0.25) is 0 Å². The van der Waals surface area contributed by atoms with Gasteiger partial charge in [0.25, 0.3) is 0 Å². The van der Waals surface area contributed by atoms with E-state index in [1.165, 1.54) is 16.7 Å². The molecule has 2 aromatic carbocycles. The van der Waals surface area contributed by atoms with Crippen molar-refractivity contribution >= 4 is 27.5 Å². The van der Waals surface area contributed by atoms with E-state index in [9.17, 15) is 0 Å². The largest absolute Gasteiger partial charge is 0.313 e. The van der Waals surface area contributed by atoms with Crippen LogP contribution in [-0.4, -0.2) is 7.05 Å². The molecule has 0 spiro atoms. The number of nitrogens with one attached hydrogen (secondary N) is 1. The van der Waals surface area contributed by atoms with Crippen LogP contribution in [0.4, 0.5) is 0 Å². The Morgan fingerprint density at radius 2 is 1.75 bits per heavy atom. The number of halogens is 2. The van der Waals surface area contributed by atoms with Gasteiger partial charge in [-0.25, -0.2) is 0 Å². The predicted molar refractivity (Wildman–Crippen MR) is 90.6 cm³/mol. The molecule has 1 atom stereocenters. The van der Waals surface area contributed by atoms with Crippen LogP contribution in [0.25, 0.3) is 0 Å². The first kappa shape index (κ1) is 15.6. The van der Waals surface area contributed by atoms with Crippen molar-refractivity contribution in [3.63, 3.8) is 0 Å². The van der Waals surface area contributed by atoms with Crippen LogP contribution in [0.1, 0.15) is 28.3 Å². The zero-order chi connectivity index (χ0) is 14.7. The fourth-order valence-electron chi connectivity index (χ4n) is 2.57. The standard InChI is InChI=1S/C17H19BrClN/c1-11-6-12(2)8-13(7-11)9-17(20-3)15-10-14(18)4-5-16(15)19/h4-8,10,17,20H,9H2,1-3H3. The highest BCUT2D eigenvalue weighted by atomic mass is 79.9. The molecular formula is C17H19BrClN. The molecule has 0 saturated heterocycles. The zero-order valence-corrected chi connectivity index (χ0v) is 14.3. The average molecular weight is 353 g/mol. The summed E-state index contributed by atoms with van der Waals surface area (Å²) in [5.41, 5.74) is 5.06. The van der Waals surface area contributed by atoms with Gasteiger partial charge < -0.3 is 5.32 Å². The lowest BCUT2D eigenvalue weighted by Gasteiger charge is -2.19. The summed E-state index contributed by atoms with van der Waals surface area (Å²) >= 11 is 9.85. The van der Waals surface area contributed by atoms with Crippen LogP contribution in [0.2, 0.25) is 5.02 Å². The maximum Gasteiger partial charge on any atom is 0.0454 e. The molecule has 20 heavy (non-hydrogen) atoms. The van der Waals surface area contributed by atoms with Gasteiger partial charge in [-0.05, 0) is 56.6 Å². The summed E-state index contributed by atoms with van der Waals surface area (Å²) < 4.78 is 1.05. The zero-order valence-electron chi connectivity index (χ0n) is 12.0. The highest BCUT2D eigenvalue weighted by Gasteiger charge is 2.14. The molecule has 1 nitrogen and oxygen atoms in total. The smallest absolute Gasteiger partial charge is 0.0454 e. The normalized spacial score (nSPS) is 12.4. The van der Waals surface area contributed by atoms with E-state index in [1.54, 1.807) is 0 Å². The SMILES string of the molecule is CNC(Cc1cc(C)cc(C)c1)c1cc(Br)ccc1Cl. The number of rotatable bonds is 4. The molecule has 0 aliphatic carbocycles. The molecule has 0 fully saturated rings. The summed E-state index contributed by atoms with van der Waals surface area (Å²) in [6, 6.07) is 12.9. The number of hydrogen-bond donors (Lipinski definition) is 1. The van der Waals surface area contributed by atoms with E-state index in [-0.39, 0.29) is 6.04 Å². The molecule has 1 unspecified atom stereocenters. The van der Waals surface area contributed by atoms with E-state index in [2.05, 4.69) is 59.4 Å². The first-order chi connectivity index (χ1) is 9.49. The lowest BCUT2D eigenvalue weighted by molar-refractivity contribution is 0.591. The molecule has 0 aliphatic heterocycles. The summed E-state index contributed by atoms with van der Waals surface area (Å²) in [6.07, 6.45) is 0.926. The highest BCUT2D eigenvalue weighted by molar-refractivity contribution is 9.10. The highest BCUT2D eigenvalue weighted by Crippen LogP contribution is 2.29. The van der Waals surface area contributed by atoms with Crippen LogP contribution in [0.5, 0.6) is 0 Å². The molecular weight excluding hydrogens is 334 g/mol. The van der Waals surface area contributed by atoms with Crippen molar-refractivity contribution in [2.45, 2.75) is 26.3 Å². The second-order valence-corrected chi connectivity index (χ2v) is 6.53. The van der Waals surface area contributed by atoms with E-state index >= 15 is 0 Å². The van der Waals surface area contributed by atoms with Crippen molar-refractivity contribution in [3.05, 3.63) is 68.1 Å². The minimum atomic E-state index is 0.209. The second kappa shape index (κ2) is 6.75. The first-order valence-electron chi connectivity index (χ1n) is 6.69. The van der Waals surface area contributed by atoms with Gasteiger partial charge in [0, 0.05) is 15.5 Å². The van der Waals surface area contributed by atoms with Gasteiger partial charge in [0.05, 0.1) is 0 Å². The molecule has 2 aromatic rings. The van der Waals surface area contributed by atoms with Crippen LogP contribution < -0.4 is 5.32 Å². The van der Waals surface area contributed by atoms with E-state index < -0.39 is 0 Å². The van der Waals surface area contributed by atoms with Gasteiger partial charge in [-0.2, -0.15) is 0 Å². The summed E-state index contributed by atoms with van der Waals surface area (Å²) in [5.74, 6) is 0. The van der Waals surface area contributed by atoms with E-state index in [0.29, 0.717) is 0 Å². The Bertz CT molecular complexity index is 590. The van der Waals surface area contributed by atoms with Crippen molar-refractivity contribution in [2.24, 2.45) is 0 Å². The Balaban J connectivity index is 2.31. The third-order valence-corrected chi connectivity index (χ3v) is 4.24. The maximum absolute atomic E-state index is 6.34. The van der Waals surface area contributed by atoms with E-state index in [0.717, 1.165) is 21.5 Å². The van der Waals surface area contributed by atoms with Crippen LogP contribution in [0, 0.1) is 13.8 Å². The summed E-state index contributed by atoms with van der Waals surface area (Å²) in [5, 5.41) is 4.17. The van der Waals surface area contributed by atoms with Gasteiger partial charge in [0.2, 0.25) is 0 Å². The van der Waals surface area contributed by atoms with Crippen molar-refractivity contribution in [1.29, 1.82) is 0 Å². The number of likely N-dealkylation sites (N-methyl/N-ethyl adjacent to an activating group) is 1. The fourth-order valence-corrected chi connectivity index (χ4v) is 3.20. The Labute approximate surface area is 134 Å². The third-order valence-electron chi connectivity index (χ3n) is 3.40. The van der Waals surface area contributed by atoms with Crippen molar-refractivity contribution < 1.29 is 0 Å². The van der Waals surface area contributed by atoms with Crippen molar-refractivity contribution in [1.82, 2.24) is 5.32 Å². The van der Waals surface area contributed by atoms with Crippen LogP contribution in [0.3, 0.4) is 0 Å². The van der Waals surface area contributed by atoms with E-state index in [4.69, 9.17) is 11.6 Å². The average Bonchev–Trinajstić information content (AvgIpc) is 2.38. The Kier molecular flexibility index (Phi) is 5.25. The molecule has 0 radical (unpaired) electrons. The van der Waals surface area contributed by atoms with Gasteiger partial charge in [0.15, 0.2) is 0 Å². The monoisotopic (exact) mass is 351 g/mol. The van der Waals surface area contributed by atoms with Crippen LogP contribution >= 0.6 is 27.5 Å². The molecule has 0 bridgehead atoms. The predicted octanol–water partition coefficient (Wildman–Crippen LogP) is 5.22. The lowest BCUT2D eigenvalue weighted by atomic mass is 9.96. The Hall–Kier alpha value is -0.830. The minimum Gasteiger partial charge on any atom is -0.313 e. The maximum atomic E-state index is 6.34. The topological polar surface area (TPSA) is 12.0 Å². The molecule has 2 rings (SSSR count). The van der Waals surface area contributed by atoms with Crippen LogP contribution in [-0.2, 0) is 6.42 Å². The molecule has 0 amide bonds. The first-order valence-corrected chi connectivity index (χ1v) is 7.86. The molecule has 0 aliphatic rings. The van der Waals surface area contributed by atoms with Gasteiger partial charge in [0.1, 0.15) is 0 Å².